The average molecular weight is 539 g/mol. The SMILES string of the molecule is O=C(CN1CCc2ccc(Nc3ncc4c(n3)OCN(c3c(Cl)cccc3Cl)C4=O)cc2C1)N1CCC1. The van der Waals surface area contributed by atoms with Crippen molar-refractivity contribution in [3.8, 4) is 5.88 Å². The van der Waals surface area contributed by atoms with Crippen molar-refractivity contribution < 1.29 is 14.3 Å². The zero-order chi connectivity index (χ0) is 25.5. The molecule has 37 heavy (non-hydrogen) atoms. The number of ether oxygens (including phenoxy) is 1. The number of hydrogen-bond donors (Lipinski definition) is 1. The van der Waals surface area contributed by atoms with Crippen molar-refractivity contribution >= 4 is 52.3 Å². The molecule has 0 atom stereocenters. The summed E-state index contributed by atoms with van der Waals surface area (Å²) in [5.74, 6) is 0.368. The molecular weight excluding hydrogens is 515 g/mol. The first-order chi connectivity index (χ1) is 18.0. The number of carbonyl (C=O) groups is 2. The van der Waals surface area contributed by atoms with Gasteiger partial charge in [-0.25, -0.2) is 4.98 Å². The van der Waals surface area contributed by atoms with E-state index < -0.39 is 0 Å². The molecule has 1 aromatic heterocycles. The molecule has 0 aliphatic carbocycles. The fourth-order valence-corrected chi connectivity index (χ4v) is 5.34. The van der Waals surface area contributed by atoms with E-state index in [0.717, 1.165) is 38.2 Å². The number of aromatic nitrogens is 2. The highest BCUT2D eigenvalue weighted by Crippen LogP contribution is 2.37. The number of benzene rings is 2. The number of likely N-dealkylation sites (tertiary alicyclic amines) is 1. The van der Waals surface area contributed by atoms with Gasteiger partial charge in [0, 0.05) is 38.1 Å². The zero-order valence-corrected chi connectivity index (χ0v) is 21.4. The lowest BCUT2D eigenvalue weighted by atomic mass is 9.99. The predicted octanol–water partition coefficient (Wildman–Crippen LogP) is 4.11. The van der Waals surface area contributed by atoms with Crippen LogP contribution in [0.2, 0.25) is 10.0 Å². The lowest BCUT2D eigenvalue weighted by Gasteiger charge is -2.35. The van der Waals surface area contributed by atoms with Crippen molar-refractivity contribution in [2.45, 2.75) is 19.4 Å². The van der Waals surface area contributed by atoms with Gasteiger partial charge in [-0.05, 0) is 48.2 Å². The van der Waals surface area contributed by atoms with Crippen LogP contribution in [0.1, 0.15) is 27.9 Å². The summed E-state index contributed by atoms with van der Waals surface area (Å²) in [6, 6.07) is 11.2. The number of rotatable bonds is 5. The number of nitrogens with zero attached hydrogens (tertiary/aromatic N) is 5. The number of nitrogens with one attached hydrogen (secondary N) is 1. The van der Waals surface area contributed by atoms with Crippen molar-refractivity contribution in [3.63, 3.8) is 0 Å². The minimum Gasteiger partial charge on any atom is -0.455 e. The van der Waals surface area contributed by atoms with Gasteiger partial charge in [0.2, 0.25) is 17.7 Å². The van der Waals surface area contributed by atoms with Crippen LogP contribution in [0.5, 0.6) is 5.88 Å². The quantitative estimate of drug-likeness (QED) is 0.522. The third-order valence-electron chi connectivity index (χ3n) is 6.89. The standard InChI is InChI=1S/C26H24Cl2N6O3/c27-20-3-1-4-21(28)23(20)34-15-37-24-19(25(34)36)12-29-26(31-24)30-18-6-5-16-7-10-32(13-17(16)11-18)14-22(35)33-8-2-9-33/h1,3-6,11-12H,2,7-10,13-15H2,(H,29,30,31). The molecule has 0 spiro atoms. The number of amides is 2. The van der Waals surface area contributed by atoms with Gasteiger partial charge in [0.05, 0.1) is 22.3 Å². The van der Waals surface area contributed by atoms with E-state index >= 15 is 0 Å². The summed E-state index contributed by atoms with van der Waals surface area (Å²) < 4.78 is 5.78. The Morgan fingerprint density at radius 1 is 1.08 bits per heavy atom. The number of carbonyl (C=O) groups excluding carboxylic acids is 2. The Hall–Kier alpha value is -3.40. The Labute approximate surface area is 223 Å². The highest BCUT2D eigenvalue weighted by molar-refractivity contribution is 6.40. The van der Waals surface area contributed by atoms with Gasteiger partial charge in [0.25, 0.3) is 5.91 Å². The molecule has 6 rings (SSSR count). The fraction of sp³-hybridized carbons (Fsp3) is 0.308. The summed E-state index contributed by atoms with van der Waals surface area (Å²) in [7, 11) is 0. The summed E-state index contributed by atoms with van der Waals surface area (Å²) in [5, 5.41) is 3.91. The molecule has 4 heterocycles. The second-order valence-corrected chi connectivity index (χ2v) is 10.1. The van der Waals surface area contributed by atoms with Crippen molar-refractivity contribution in [2.24, 2.45) is 0 Å². The van der Waals surface area contributed by atoms with E-state index in [2.05, 4.69) is 32.3 Å². The first kappa shape index (κ1) is 24.0. The smallest absolute Gasteiger partial charge is 0.268 e. The van der Waals surface area contributed by atoms with E-state index in [1.165, 1.54) is 22.2 Å². The lowest BCUT2D eigenvalue weighted by molar-refractivity contribution is -0.136. The van der Waals surface area contributed by atoms with E-state index in [9.17, 15) is 9.59 Å². The van der Waals surface area contributed by atoms with Crippen LogP contribution in [0.15, 0.2) is 42.6 Å². The normalized spacial score (nSPS) is 17.0. The van der Waals surface area contributed by atoms with Gasteiger partial charge in [-0.3, -0.25) is 19.4 Å². The number of anilines is 3. The predicted molar refractivity (Wildman–Crippen MR) is 141 cm³/mol. The molecule has 1 fully saturated rings. The van der Waals surface area contributed by atoms with E-state index in [4.69, 9.17) is 27.9 Å². The Morgan fingerprint density at radius 2 is 1.89 bits per heavy atom. The molecule has 3 aliphatic heterocycles. The van der Waals surface area contributed by atoms with Gasteiger partial charge in [-0.15, -0.1) is 0 Å². The van der Waals surface area contributed by atoms with E-state index in [1.54, 1.807) is 18.2 Å². The first-order valence-corrected chi connectivity index (χ1v) is 12.9. The van der Waals surface area contributed by atoms with Crippen molar-refractivity contribution in [2.75, 3.05) is 43.1 Å². The number of fused-ring (bicyclic) bond motifs is 2. The maximum Gasteiger partial charge on any atom is 0.268 e. The molecule has 1 saturated heterocycles. The molecule has 2 amide bonds. The largest absolute Gasteiger partial charge is 0.455 e. The average Bonchev–Trinajstić information content (AvgIpc) is 2.84. The van der Waals surface area contributed by atoms with Gasteiger partial charge in [-0.2, -0.15) is 4.98 Å². The highest BCUT2D eigenvalue weighted by atomic mass is 35.5. The molecule has 11 heteroatoms. The van der Waals surface area contributed by atoms with Crippen LogP contribution in [-0.4, -0.2) is 64.5 Å². The minimum absolute atomic E-state index is 0.0728. The van der Waals surface area contributed by atoms with Crippen LogP contribution in [0, 0.1) is 0 Å². The number of hydrogen-bond acceptors (Lipinski definition) is 7. The molecule has 3 aromatic rings. The minimum atomic E-state index is -0.343. The first-order valence-electron chi connectivity index (χ1n) is 12.1. The molecule has 9 nitrogen and oxygen atoms in total. The number of para-hydroxylation sites is 1. The van der Waals surface area contributed by atoms with Crippen molar-refractivity contribution in [3.05, 3.63) is 69.3 Å². The van der Waals surface area contributed by atoms with Crippen LogP contribution in [-0.2, 0) is 17.8 Å². The molecule has 0 saturated carbocycles. The molecule has 2 aromatic carbocycles. The van der Waals surface area contributed by atoms with Gasteiger partial charge in [0.15, 0.2) is 6.73 Å². The second kappa shape index (κ2) is 9.81. The van der Waals surface area contributed by atoms with Gasteiger partial charge < -0.3 is 15.0 Å². The Morgan fingerprint density at radius 3 is 2.65 bits per heavy atom. The summed E-state index contributed by atoms with van der Waals surface area (Å²) >= 11 is 12.6. The summed E-state index contributed by atoms with van der Waals surface area (Å²) in [6.45, 7) is 3.71. The van der Waals surface area contributed by atoms with Crippen molar-refractivity contribution in [1.82, 2.24) is 19.8 Å². The van der Waals surface area contributed by atoms with Gasteiger partial charge in [0.1, 0.15) is 5.56 Å². The van der Waals surface area contributed by atoms with Gasteiger partial charge in [-0.1, -0.05) is 35.3 Å². The Bertz CT molecular complexity index is 1380. The highest BCUT2D eigenvalue weighted by Gasteiger charge is 2.31. The fourth-order valence-electron chi connectivity index (χ4n) is 4.74. The Kier molecular flexibility index (Phi) is 6.36. The van der Waals surface area contributed by atoms with E-state index in [0.29, 0.717) is 34.8 Å². The maximum absolute atomic E-state index is 13.1. The molecule has 0 unspecified atom stereocenters. The topological polar surface area (TPSA) is 90.9 Å². The molecule has 3 aliphatic rings. The van der Waals surface area contributed by atoms with E-state index in [1.807, 2.05) is 11.0 Å². The van der Waals surface area contributed by atoms with Gasteiger partial charge >= 0.3 is 0 Å². The maximum atomic E-state index is 13.1. The molecule has 0 bridgehead atoms. The molecular formula is C26H24Cl2N6O3. The summed E-state index contributed by atoms with van der Waals surface area (Å²) in [4.78, 5) is 39.7. The molecule has 1 N–H and O–H groups in total. The zero-order valence-electron chi connectivity index (χ0n) is 19.9. The molecule has 190 valence electrons. The van der Waals surface area contributed by atoms with Crippen LogP contribution in [0.3, 0.4) is 0 Å². The van der Waals surface area contributed by atoms with Crippen LogP contribution < -0.4 is 15.0 Å². The van der Waals surface area contributed by atoms with Crippen LogP contribution >= 0.6 is 23.2 Å². The third kappa shape index (κ3) is 4.70. The summed E-state index contributed by atoms with van der Waals surface area (Å²) in [5.41, 5.74) is 3.88. The number of halogens is 2. The second-order valence-electron chi connectivity index (χ2n) is 9.29. The lowest BCUT2D eigenvalue weighted by Crippen LogP contribution is -2.47. The van der Waals surface area contributed by atoms with Crippen molar-refractivity contribution in [1.29, 1.82) is 0 Å². The van der Waals surface area contributed by atoms with Crippen LogP contribution in [0.25, 0.3) is 0 Å². The summed E-state index contributed by atoms with van der Waals surface area (Å²) in [6.07, 6.45) is 3.44. The van der Waals surface area contributed by atoms with Crippen LogP contribution in [0.4, 0.5) is 17.3 Å². The Balaban J connectivity index is 1.16. The van der Waals surface area contributed by atoms with E-state index in [-0.39, 0.29) is 30.0 Å². The third-order valence-corrected chi connectivity index (χ3v) is 7.50. The molecule has 0 radical (unpaired) electrons. The monoisotopic (exact) mass is 538 g/mol.